The number of benzene rings is 2. The number of amides is 1. The molecule has 1 heterocycles. The molecule has 124 valence electrons. The summed E-state index contributed by atoms with van der Waals surface area (Å²) in [7, 11) is 1.65. The van der Waals surface area contributed by atoms with E-state index >= 15 is 0 Å². The van der Waals surface area contributed by atoms with Crippen LogP contribution in [0.5, 0.6) is 5.75 Å². The highest BCUT2D eigenvalue weighted by Gasteiger charge is 2.31. The van der Waals surface area contributed by atoms with Crippen molar-refractivity contribution < 1.29 is 9.53 Å². The molecule has 3 rings (SSSR count). The normalized spacial score (nSPS) is 16.9. The van der Waals surface area contributed by atoms with Gasteiger partial charge in [0.1, 0.15) is 5.75 Å². The zero-order chi connectivity index (χ0) is 17.3. The Morgan fingerprint density at radius 2 is 1.88 bits per heavy atom. The van der Waals surface area contributed by atoms with Crippen molar-refractivity contribution in [3.8, 4) is 5.75 Å². The van der Waals surface area contributed by atoms with Gasteiger partial charge in [-0.05, 0) is 37.1 Å². The lowest BCUT2D eigenvalue weighted by Crippen LogP contribution is -2.24. The molecule has 0 aliphatic carbocycles. The molecule has 0 fully saturated rings. The zero-order valence-corrected chi connectivity index (χ0v) is 14.5. The third kappa shape index (κ3) is 3.04. The number of carbonyl (C=O) groups is 1. The minimum atomic E-state index is -0.0656. The Morgan fingerprint density at radius 1 is 1.17 bits per heavy atom. The SMILES string of the molecule is COc1ccc(C2CC(c3ccc(C)cc3C)=NN2C(C)=O)cc1. The van der Waals surface area contributed by atoms with E-state index in [4.69, 9.17) is 4.74 Å². The van der Waals surface area contributed by atoms with Crippen LogP contribution in [0, 0.1) is 13.8 Å². The van der Waals surface area contributed by atoms with Crippen LogP contribution in [-0.4, -0.2) is 23.7 Å². The number of hydrazone groups is 1. The van der Waals surface area contributed by atoms with Gasteiger partial charge >= 0.3 is 0 Å². The maximum atomic E-state index is 12.1. The molecule has 1 aliphatic rings. The fourth-order valence-corrected chi connectivity index (χ4v) is 3.19. The van der Waals surface area contributed by atoms with E-state index in [9.17, 15) is 4.79 Å². The van der Waals surface area contributed by atoms with Crippen molar-refractivity contribution in [3.05, 3.63) is 64.7 Å². The average Bonchev–Trinajstić information content (AvgIpc) is 3.00. The van der Waals surface area contributed by atoms with Gasteiger partial charge in [-0.2, -0.15) is 5.10 Å². The molecule has 0 spiro atoms. The Bertz CT molecular complexity index is 794. The number of methoxy groups -OCH3 is 1. The van der Waals surface area contributed by atoms with Gasteiger partial charge in [-0.1, -0.05) is 35.9 Å². The molecule has 0 saturated heterocycles. The molecule has 0 radical (unpaired) electrons. The number of carbonyl (C=O) groups excluding carboxylic acids is 1. The highest BCUT2D eigenvalue weighted by atomic mass is 16.5. The number of hydrogen-bond donors (Lipinski definition) is 0. The van der Waals surface area contributed by atoms with E-state index in [2.05, 4.69) is 37.1 Å². The number of ether oxygens (including phenoxy) is 1. The molecule has 1 atom stereocenters. The van der Waals surface area contributed by atoms with E-state index in [0.29, 0.717) is 0 Å². The van der Waals surface area contributed by atoms with Gasteiger partial charge in [0.15, 0.2) is 0 Å². The summed E-state index contributed by atoms with van der Waals surface area (Å²) in [6.45, 7) is 5.73. The third-order valence-electron chi connectivity index (χ3n) is 4.43. The van der Waals surface area contributed by atoms with Crippen LogP contribution in [0.1, 0.15) is 41.6 Å². The molecular weight excluding hydrogens is 300 g/mol. The first-order valence-corrected chi connectivity index (χ1v) is 8.08. The van der Waals surface area contributed by atoms with E-state index < -0.39 is 0 Å². The quantitative estimate of drug-likeness (QED) is 0.857. The van der Waals surface area contributed by atoms with Crippen molar-refractivity contribution in [2.75, 3.05) is 7.11 Å². The molecule has 0 bridgehead atoms. The summed E-state index contributed by atoms with van der Waals surface area (Å²) in [6.07, 6.45) is 0.718. The summed E-state index contributed by atoms with van der Waals surface area (Å²) in [4.78, 5) is 12.1. The van der Waals surface area contributed by atoms with Crippen molar-refractivity contribution in [2.24, 2.45) is 5.10 Å². The van der Waals surface area contributed by atoms with Gasteiger partial charge in [0.25, 0.3) is 0 Å². The van der Waals surface area contributed by atoms with Gasteiger partial charge in [0, 0.05) is 18.9 Å². The van der Waals surface area contributed by atoms with Crippen molar-refractivity contribution >= 4 is 11.6 Å². The molecule has 1 amide bonds. The van der Waals surface area contributed by atoms with Crippen molar-refractivity contribution in [1.82, 2.24) is 5.01 Å². The average molecular weight is 322 g/mol. The van der Waals surface area contributed by atoms with Crippen LogP contribution in [0.25, 0.3) is 0 Å². The van der Waals surface area contributed by atoms with Crippen LogP contribution in [0.2, 0.25) is 0 Å². The Hall–Kier alpha value is -2.62. The Labute approximate surface area is 142 Å². The van der Waals surface area contributed by atoms with Crippen LogP contribution in [0.3, 0.4) is 0 Å². The molecule has 0 aromatic heterocycles. The third-order valence-corrected chi connectivity index (χ3v) is 4.43. The molecule has 2 aromatic carbocycles. The van der Waals surface area contributed by atoms with Crippen LogP contribution >= 0.6 is 0 Å². The second-order valence-electron chi connectivity index (χ2n) is 6.22. The maximum Gasteiger partial charge on any atom is 0.240 e. The summed E-state index contributed by atoms with van der Waals surface area (Å²) in [6, 6.07) is 14.1. The summed E-state index contributed by atoms with van der Waals surface area (Å²) in [5.41, 5.74) is 5.55. The van der Waals surface area contributed by atoms with Gasteiger partial charge in [-0.25, -0.2) is 5.01 Å². The van der Waals surface area contributed by atoms with E-state index in [0.717, 1.165) is 29.0 Å². The number of rotatable bonds is 3. The topological polar surface area (TPSA) is 41.9 Å². The van der Waals surface area contributed by atoms with Crippen molar-refractivity contribution in [2.45, 2.75) is 33.2 Å². The van der Waals surface area contributed by atoms with E-state index in [1.807, 2.05) is 24.3 Å². The van der Waals surface area contributed by atoms with Crippen LogP contribution in [-0.2, 0) is 4.79 Å². The van der Waals surface area contributed by atoms with Gasteiger partial charge < -0.3 is 4.74 Å². The first kappa shape index (κ1) is 16.2. The van der Waals surface area contributed by atoms with E-state index in [1.54, 1.807) is 19.0 Å². The molecule has 24 heavy (non-hydrogen) atoms. The van der Waals surface area contributed by atoms with Gasteiger partial charge in [-0.15, -0.1) is 0 Å². The molecule has 2 aromatic rings. The summed E-state index contributed by atoms with van der Waals surface area (Å²) in [5, 5.41) is 6.21. The summed E-state index contributed by atoms with van der Waals surface area (Å²) < 4.78 is 5.21. The zero-order valence-electron chi connectivity index (χ0n) is 14.5. The van der Waals surface area contributed by atoms with Crippen LogP contribution < -0.4 is 4.74 Å². The fraction of sp³-hybridized carbons (Fsp3) is 0.300. The maximum absolute atomic E-state index is 12.1. The molecule has 1 unspecified atom stereocenters. The second-order valence-corrected chi connectivity index (χ2v) is 6.22. The monoisotopic (exact) mass is 322 g/mol. The molecule has 4 heteroatoms. The van der Waals surface area contributed by atoms with Crippen LogP contribution in [0.15, 0.2) is 47.6 Å². The van der Waals surface area contributed by atoms with E-state index in [1.165, 1.54) is 11.1 Å². The number of nitrogens with zero attached hydrogens (tertiary/aromatic N) is 2. The van der Waals surface area contributed by atoms with E-state index in [-0.39, 0.29) is 11.9 Å². The lowest BCUT2D eigenvalue weighted by atomic mass is 9.95. The predicted molar refractivity (Wildman–Crippen MR) is 95.3 cm³/mol. The summed E-state index contributed by atoms with van der Waals surface area (Å²) >= 11 is 0. The molecule has 4 nitrogen and oxygen atoms in total. The smallest absolute Gasteiger partial charge is 0.240 e. The Balaban J connectivity index is 1.94. The second kappa shape index (κ2) is 6.48. The Kier molecular flexibility index (Phi) is 4.38. The highest BCUT2D eigenvalue weighted by Crippen LogP contribution is 2.34. The van der Waals surface area contributed by atoms with Crippen molar-refractivity contribution in [3.63, 3.8) is 0 Å². The summed E-state index contributed by atoms with van der Waals surface area (Å²) in [5.74, 6) is 0.761. The highest BCUT2D eigenvalue weighted by molar-refractivity contribution is 6.04. The minimum absolute atomic E-state index is 0.0458. The molecule has 1 aliphatic heterocycles. The number of aryl methyl sites for hydroxylation is 2. The minimum Gasteiger partial charge on any atom is -0.497 e. The van der Waals surface area contributed by atoms with Crippen molar-refractivity contribution in [1.29, 1.82) is 0 Å². The largest absolute Gasteiger partial charge is 0.497 e. The first-order chi connectivity index (χ1) is 11.5. The molecule has 0 saturated carbocycles. The van der Waals surface area contributed by atoms with Gasteiger partial charge in [0.2, 0.25) is 5.91 Å². The van der Waals surface area contributed by atoms with Crippen LogP contribution in [0.4, 0.5) is 0 Å². The lowest BCUT2D eigenvalue weighted by Gasteiger charge is -2.20. The Morgan fingerprint density at radius 3 is 2.46 bits per heavy atom. The standard InChI is InChI=1S/C20H22N2O2/c1-13-5-10-18(14(2)11-13)19-12-20(22(21-19)15(3)23)16-6-8-17(24-4)9-7-16/h5-11,20H,12H2,1-4H3. The number of hydrogen-bond acceptors (Lipinski definition) is 3. The predicted octanol–water partition coefficient (Wildman–Crippen LogP) is 4.01. The molecule has 0 N–H and O–H groups in total. The first-order valence-electron chi connectivity index (χ1n) is 8.08. The van der Waals surface area contributed by atoms with Gasteiger partial charge in [0.05, 0.1) is 18.9 Å². The fourth-order valence-electron chi connectivity index (χ4n) is 3.19. The molecular formula is C20H22N2O2. The lowest BCUT2D eigenvalue weighted by molar-refractivity contribution is -0.130. The van der Waals surface area contributed by atoms with Gasteiger partial charge in [-0.3, -0.25) is 4.79 Å².